The van der Waals surface area contributed by atoms with Crippen LogP contribution in [0.25, 0.3) is 0 Å². The molecule has 3 heterocycles. The molecule has 3 spiro atoms. The predicted molar refractivity (Wildman–Crippen MR) is 110 cm³/mol. The van der Waals surface area contributed by atoms with E-state index in [2.05, 4.69) is 0 Å². The summed E-state index contributed by atoms with van der Waals surface area (Å²) >= 11 is 0. The summed E-state index contributed by atoms with van der Waals surface area (Å²) in [5.41, 5.74) is -2.99. The molecule has 3 saturated carbocycles. The molecule has 1 N–H and O–H groups in total. The van der Waals surface area contributed by atoms with Crippen molar-refractivity contribution in [2.75, 3.05) is 32.2 Å². The molecule has 1 aromatic carbocycles. The van der Waals surface area contributed by atoms with Gasteiger partial charge < -0.3 is 24.4 Å². The lowest BCUT2D eigenvalue weighted by molar-refractivity contribution is -0.912. The standard InChI is InChI=1S/C23H28N2O6/c1-30-18(26)22(28)14-20-8-5-12-25(29)13-11-21(17(20)25)15-6-3-4-7-16(15)24(19(27)31-2)23(21,22)10-9-20/h3-4,6-7,17,28H,5,8-14H2,1-2H3/t17-,20?,21+,22+,23?,25?/m0/s1. The van der Waals surface area contributed by atoms with Gasteiger partial charge in [-0.05, 0) is 37.3 Å². The highest BCUT2D eigenvalue weighted by Crippen LogP contribution is 2.78. The van der Waals surface area contributed by atoms with Gasteiger partial charge in [0.05, 0.1) is 38.4 Å². The third-order valence-electron chi connectivity index (χ3n) is 9.52. The van der Waals surface area contributed by atoms with Crippen LogP contribution in [-0.4, -0.2) is 66.3 Å². The Labute approximate surface area is 180 Å². The Morgan fingerprint density at radius 3 is 2.65 bits per heavy atom. The summed E-state index contributed by atoms with van der Waals surface area (Å²) in [5.74, 6) is -0.729. The van der Waals surface area contributed by atoms with Crippen molar-refractivity contribution in [1.82, 2.24) is 0 Å². The number of aliphatic hydroxyl groups is 1. The van der Waals surface area contributed by atoms with Crippen molar-refractivity contribution >= 4 is 17.7 Å². The zero-order chi connectivity index (χ0) is 21.9. The first-order valence-electron chi connectivity index (χ1n) is 11.1. The van der Waals surface area contributed by atoms with Crippen LogP contribution >= 0.6 is 0 Å². The van der Waals surface area contributed by atoms with E-state index in [-0.39, 0.29) is 17.1 Å². The van der Waals surface area contributed by atoms with Gasteiger partial charge >= 0.3 is 12.1 Å². The van der Waals surface area contributed by atoms with Crippen molar-refractivity contribution in [3.05, 3.63) is 35.0 Å². The first-order chi connectivity index (χ1) is 14.8. The van der Waals surface area contributed by atoms with Crippen LogP contribution in [0.4, 0.5) is 10.5 Å². The highest BCUT2D eigenvalue weighted by Gasteiger charge is 2.89. The van der Waals surface area contributed by atoms with Gasteiger partial charge in [-0.1, -0.05) is 18.2 Å². The number of carbonyl (C=O) groups excluding carboxylic acids is 2. The molecular weight excluding hydrogens is 400 g/mol. The molecule has 1 amide bonds. The van der Waals surface area contributed by atoms with Crippen molar-refractivity contribution in [2.45, 2.75) is 61.1 Å². The van der Waals surface area contributed by atoms with Crippen LogP contribution in [0.15, 0.2) is 24.3 Å². The van der Waals surface area contributed by atoms with Gasteiger partial charge in [0.2, 0.25) is 0 Å². The minimum absolute atomic E-state index is 0.142. The number of rotatable bonds is 1. The summed E-state index contributed by atoms with van der Waals surface area (Å²) in [6.45, 7) is 0.968. The monoisotopic (exact) mass is 428 g/mol. The van der Waals surface area contributed by atoms with Crippen molar-refractivity contribution < 1.29 is 28.8 Å². The number of para-hydroxylation sites is 1. The van der Waals surface area contributed by atoms with Gasteiger partial charge in [0.25, 0.3) is 0 Å². The maximum Gasteiger partial charge on any atom is 0.414 e. The highest BCUT2D eigenvalue weighted by molar-refractivity contribution is 5.99. The number of nitrogens with zero attached hydrogens (tertiary/aromatic N) is 2. The molecule has 2 saturated heterocycles. The molecule has 0 radical (unpaired) electrons. The van der Waals surface area contributed by atoms with Crippen LogP contribution in [0.2, 0.25) is 0 Å². The lowest BCUT2D eigenvalue weighted by Crippen LogP contribution is -2.87. The molecule has 8 nitrogen and oxygen atoms in total. The Kier molecular flexibility index (Phi) is 3.53. The summed E-state index contributed by atoms with van der Waals surface area (Å²) in [4.78, 5) is 28.1. The van der Waals surface area contributed by atoms with E-state index in [1.807, 2.05) is 24.3 Å². The summed E-state index contributed by atoms with van der Waals surface area (Å²) in [7, 11) is 2.58. The number of quaternary nitrogens is 1. The first kappa shape index (κ1) is 19.5. The molecule has 1 aromatic rings. The van der Waals surface area contributed by atoms with Gasteiger partial charge in [0.1, 0.15) is 11.6 Å². The normalized spacial score (nSPS) is 46.2. The average molecular weight is 428 g/mol. The van der Waals surface area contributed by atoms with Crippen LogP contribution < -0.4 is 4.90 Å². The van der Waals surface area contributed by atoms with Gasteiger partial charge in [-0.3, -0.25) is 4.90 Å². The minimum atomic E-state index is -1.92. The number of anilines is 1. The van der Waals surface area contributed by atoms with E-state index in [0.717, 1.165) is 18.4 Å². The van der Waals surface area contributed by atoms with Gasteiger partial charge in [-0.2, -0.15) is 0 Å². The molecule has 6 atom stereocenters. The van der Waals surface area contributed by atoms with Crippen LogP contribution in [0.3, 0.4) is 0 Å². The fourth-order valence-electron chi connectivity index (χ4n) is 8.99. The van der Waals surface area contributed by atoms with Crippen molar-refractivity contribution in [3.63, 3.8) is 0 Å². The number of hydrogen-bond acceptors (Lipinski definition) is 6. The number of esters is 1. The second kappa shape index (κ2) is 5.60. The zero-order valence-electron chi connectivity index (χ0n) is 17.9. The summed E-state index contributed by atoms with van der Waals surface area (Å²) < 4.78 is 10.1. The molecule has 3 unspecified atom stereocenters. The van der Waals surface area contributed by atoms with E-state index in [9.17, 15) is 19.9 Å². The third-order valence-corrected chi connectivity index (χ3v) is 9.52. The number of hydrogen-bond donors (Lipinski definition) is 1. The molecule has 6 aliphatic rings. The Balaban J connectivity index is 1.75. The molecule has 3 aliphatic heterocycles. The highest BCUT2D eigenvalue weighted by atomic mass is 16.6. The van der Waals surface area contributed by atoms with Crippen molar-refractivity contribution in [2.24, 2.45) is 5.41 Å². The molecule has 0 aromatic heterocycles. The number of carbonyl (C=O) groups is 2. The molecule has 3 aliphatic carbocycles. The average Bonchev–Trinajstić information content (AvgIpc) is 3.24. The van der Waals surface area contributed by atoms with Crippen LogP contribution in [-0.2, 0) is 19.7 Å². The Hall–Kier alpha value is -2.16. The summed E-state index contributed by atoms with van der Waals surface area (Å²) in [6, 6.07) is 7.26. The molecule has 2 bridgehead atoms. The topological polar surface area (TPSA) is 99.1 Å². The van der Waals surface area contributed by atoms with Gasteiger partial charge in [-0.25, -0.2) is 9.59 Å². The summed E-state index contributed by atoms with van der Waals surface area (Å²) in [6.07, 6.45) is 2.75. The maximum atomic E-state index is 14.2. The number of methoxy groups -OCH3 is 2. The minimum Gasteiger partial charge on any atom is -0.633 e. The van der Waals surface area contributed by atoms with E-state index in [4.69, 9.17) is 9.47 Å². The van der Waals surface area contributed by atoms with Crippen LogP contribution in [0, 0.1) is 10.6 Å². The number of benzene rings is 1. The zero-order valence-corrected chi connectivity index (χ0v) is 17.9. The molecular formula is C23H28N2O6. The Morgan fingerprint density at radius 2 is 1.90 bits per heavy atom. The SMILES string of the molecule is COC(=O)N1c2ccccc2[C@@]23CC[N+]4([O-])CCCC5(CCC12[C@](O)(C(=O)OC)C5)[C@@H]34. The van der Waals surface area contributed by atoms with Gasteiger partial charge in [0.15, 0.2) is 5.60 Å². The van der Waals surface area contributed by atoms with Crippen molar-refractivity contribution in [1.29, 1.82) is 0 Å². The largest absolute Gasteiger partial charge is 0.633 e. The van der Waals surface area contributed by atoms with Gasteiger partial charge in [-0.15, -0.1) is 0 Å². The van der Waals surface area contributed by atoms with E-state index >= 15 is 0 Å². The maximum absolute atomic E-state index is 14.2. The smallest absolute Gasteiger partial charge is 0.414 e. The van der Waals surface area contributed by atoms with Crippen LogP contribution in [0.1, 0.15) is 44.1 Å². The molecule has 8 heteroatoms. The fourth-order valence-corrected chi connectivity index (χ4v) is 8.99. The predicted octanol–water partition coefficient (Wildman–Crippen LogP) is 2.22. The van der Waals surface area contributed by atoms with Crippen LogP contribution in [0.5, 0.6) is 0 Å². The molecule has 31 heavy (non-hydrogen) atoms. The van der Waals surface area contributed by atoms with E-state index in [1.165, 1.54) is 19.1 Å². The number of amides is 1. The third kappa shape index (κ3) is 1.76. The first-order valence-corrected chi connectivity index (χ1v) is 11.1. The summed E-state index contributed by atoms with van der Waals surface area (Å²) in [5, 5.41) is 26.5. The lowest BCUT2D eigenvalue weighted by atomic mass is 9.37. The second-order valence-corrected chi connectivity index (χ2v) is 10.2. The molecule has 7 rings (SSSR count). The number of ether oxygens (including phenoxy) is 2. The Bertz CT molecular complexity index is 1020. The second-order valence-electron chi connectivity index (χ2n) is 10.2. The van der Waals surface area contributed by atoms with Crippen molar-refractivity contribution in [3.8, 4) is 0 Å². The van der Waals surface area contributed by atoms with E-state index in [1.54, 1.807) is 0 Å². The van der Waals surface area contributed by atoms with Gasteiger partial charge in [0, 0.05) is 18.3 Å². The number of hydroxylamine groups is 3. The Morgan fingerprint density at radius 1 is 1.13 bits per heavy atom. The number of fused-ring (bicyclic) bond motifs is 3. The molecule has 166 valence electrons. The van der Waals surface area contributed by atoms with E-state index in [0.29, 0.717) is 38.0 Å². The quantitative estimate of drug-likeness (QED) is 0.418. The lowest BCUT2D eigenvalue weighted by Gasteiger charge is -2.72. The molecule has 5 fully saturated rings. The number of piperidine rings is 1. The fraction of sp³-hybridized carbons (Fsp3) is 0.652. The van der Waals surface area contributed by atoms with E-state index < -0.39 is 34.0 Å².